The van der Waals surface area contributed by atoms with Crippen molar-refractivity contribution in [1.82, 2.24) is 20.2 Å². The fourth-order valence-corrected chi connectivity index (χ4v) is 4.09. The SMILES string of the molecule is CSc1nc(C(C)C)nc(C)c1C(=O)NCc1ccccc1CN1CCCC1=O. The number of rotatable bonds is 7. The first-order valence-corrected chi connectivity index (χ1v) is 11.2. The summed E-state index contributed by atoms with van der Waals surface area (Å²) in [6.07, 6.45) is 3.47. The van der Waals surface area contributed by atoms with E-state index < -0.39 is 0 Å². The molecular weight excluding hydrogens is 384 g/mol. The zero-order valence-electron chi connectivity index (χ0n) is 17.5. The van der Waals surface area contributed by atoms with Crippen LogP contribution < -0.4 is 5.32 Å². The zero-order chi connectivity index (χ0) is 21.0. The van der Waals surface area contributed by atoms with E-state index in [2.05, 4.69) is 15.3 Å². The number of carbonyl (C=O) groups is 2. The second-order valence-corrected chi connectivity index (χ2v) is 8.37. The van der Waals surface area contributed by atoms with Crippen LogP contribution in [-0.4, -0.2) is 39.5 Å². The van der Waals surface area contributed by atoms with Gasteiger partial charge in [-0.05, 0) is 30.7 Å². The van der Waals surface area contributed by atoms with Gasteiger partial charge < -0.3 is 10.2 Å². The Balaban J connectivity index is 1.75. The van der Waals surface area contributed by atoms with E-state index in [0.717, 1.165) is 29.9 Å². The second-order valence-electron chi connectivity index (χ2n) is 7.58. The molecule has 154 valence electrons. The van der Waals surface area contributed by atoms with Gasteiger partial charge in [0.25, 0.3) is 5.91 Å². The van der Waals surface area contributed by atoms with Gasteiger partial charge >= 0.3 is 0 Å². The van der Waals surface area contributed by atoms with Gasteiger partial charge in [0, 0.05) is 32.0 Å². The van der Waals surface area contributed by atoms with Crippen LogP contribution >= 0.6 is 11.8 Å². The van der Waals surface area contributed by atoms with E-state index in [9.17, 15) is 9.59 Å². The minimum absolute atomic E-state index is 0.172. The molecule has 0 bridgehead atoms. The van der Waals surface area contributed by atoms with Gasteiger partial charge in [0.2, 0.25) is 5.91 Å². The number of nitrogens with zero attached hydrogens (tertiary/aromatic N) is 3. The van der Waals surface area contributed by atoms with E-state index in [1.165, 1.54) is 11.8 Å². The van der Waals surface area contributed by atoms with Crippen LogP contribution in [0.1, 0.15) is 65.6 Å². The van der Waals surface area contributed by atoms with Crippen LogP contribution in [0, 0.1) is 6.92 Å². The molecule has 0 aliphatic carbocycles. The number of aryl methyl sites for hydroxylation is 1. The third-order valence-corrected chi connectivity index (χ3v) is 5.78. The number of hydrogen-bond acceptors (Lipinski definition) is 5. The largest absolute Gasteiger partial charge is 0.348 e. The Bertz CT molecular complexity index is 914. The highest BCUT2D eigenvalue weighted by Crippen LogP contribution is 2.23. The van der Waals surface area contributed by atoms with E-state index in [4.69, 9.17) is 0 Å². The predicted molar refractivity (Wildman–Crippen MR) is 115 cm³/mol. The highest BCUT2D eigenvalue weighted by atomic mass is 32.2. The fourth-order valence-electron chi connectivity index (χ4n) is 3.46. The van der Waals surface area contributed by atoms with Crippen LogP contribution in [0.3, 0.4) is 0 Å². The lowest BCUT2D eigenvalue weighted by atomic mass is 10.1. The van der Waals surface area contributed by atoms with Gasteiger partial charge in [-0.1, -0.05) is 38.1 Å². The highest BCUT2D eigenvalue weighted by Gasteiger charge is 2.22. The number of hydrogen-bond donors (Lipinski definition) is 1. The molecule has 1 N–H and O–H groups in total. The van der Waals surface area contributed by atoms with Crippen molar-refractivity contribution in [2.24, 2.45) is 0 Å². The Morgan fingerprint density at radius 3 is 2.59 bits per heavy atom. The molecule has 0 saturated carbocycles. The molecule has 1 aliphatic heterocycles. The molecule has 1 aliphatic rings. The molecule has 1 saturated heterocycles. The Labute approximate surface area is 176 Å². The zero-order valence-corrected chi connectivity index (χ0v) is 18.3. The van der Waals surface area contributed by atoms with Crippen molar-refractivity contribution in [1.29, 1.82) is 0 Å². The maximum absolute atomic E-state index is 12.9. The van der Waals surface area contributed by atoms with Crippen LogP contribution in [0.15, 0.2) is 29.3 Å². The molecule has 29 heavy (non-hydrogen) atoms. The van der Waals surface area contributed by atoms with Crippen molar-refractivity contribution in [3.63, 3.8) is 0 Å². The van der Waals surface area contributed by atoms with Crippen LogP contribution in [0.2, 0.25) is 0 Å². The lowest BCUT2D eigenvalue weighted by molar-refractivity contribution is -0.128. The van der Waals surface area contributed by atoms with Crippen LogP contribution in [0.5, 0.6) is 0 Å². The van der Waals surface area contributed by atoms with Gasteiger partial charge in [0.15, 0.2) is 0 Å². The molecule has 3 rings (SSSR count). The summed E-state index contributed by atoms with van der Waals surface area (Å²) in [5, 5.41) is 3.72. The molecular formula is C22H28N4O2S. The lowest BCUT2D eigenvalue weighted by Gasteiger charge is -2.19. The summed E-state index contributed by atoms with van der Waals surface area (Å²) < 4.78 is 0. The first-order valence-electron chi connectivity index (χ1n) is 9.96. The molecule has 7 heteroatoms. The van der Waals surface area contributed by atoms with E-state index in [1.54, 1.807) is 0 Å². The number of carbonyl (C=O) groups excluding carboxylic acids is 2. The highest BCUT2D eigenvalue weighted by molar-refractivity contribution is 7.98. The monoisotopic (exact) mass is 412 g/mol. The van der Waals surface area contributed by atoms with Gasteiger partial charge in [-0.15, -0.1) is 11.8 Å². The van der Waals surface area contributed by atoms with Crippen molar-refractivity contribution in [2.75, 3.05) is 12.8 Å². The average Bonchev–Trinajstić information content (AvgIpc) is 3.10. The molecule has 6 nitrogen and oxygen atoms in total. The molecule has 2 amide bonds. The van der Waals surface area contributed by atoms with Crippen LogP contribution in [0.4, 0.5) is 0 Å². The third kappa shape index (κ3) is 4.96. The van der Waals surface area contributed by atoms with Crippen molar-refractivity contribution >= 4 is 23.6 Å². The molecule has 0 atom stereocenters. The summed E-state index contributed by atoms with van der Waals surface area (Å²) in [6.45, 7) is 7.73. The number of amides is 2. The van der Waals surface area contributed by atoms with Gasteiger partial charge in [0.05, 0.1) is 11.3 Å². The van der Waals surface area contributed by atoms with Crippen molar-refractivity contribution in [3.05, 3.63) is 52.5 Å². The Morgan fingerprint density at radius 2 is 1.97 bits per heavy atom. The summed E-state index contributed by atoms with van der Waals surface area (Å²) >= 11 is 1.46. The Hall–Kier alpha value is -2.41. The molecule has 1 aromatic carbocycles. The van der Waals surface area contributed by atoms with E-state index >= 15 is 0 Å². The third-order valence-electron chi connectivity index (χ3n) is 5.10. The number of aromatic nitrogens is 2. The van der Waals surface area contributed by atoms with Crippen LogP contribution in [0.25, 0.3) is 0 Å². The van der Waals surface area contributed by atoms with Gasteiger partial charge in [-0.2, -0.15) is 0 Å². The van der Waals surface area contributed by atoms with Gasteiger partial charge in [-0.3, -0.25) is 9.59 Å². The van der Waals surface area contributed by atoms with E-state index in [0.29, 0.717) is 35.8 Å². The fraction of sp³-hybridized carbons (Fsp3) is 0.455. The molecule has 1 aromatic heterocycles. The molecule has 0 spiro atoms. The normalized spacial score (nSPS) is 14.0. The minimum Gasteiger partial charge on any atom is -0.348 e. The quantitative estimate of drug-likeness (QED) is 0.555. The van der Waals surface area contributed by atoms with E-state index in [1.807, 2.05) is 56.2 Å². The summed E-state index contributed by atoms with van der Waals surface area (Å²) in [5.74, 6) is 0.988. The number of benzene rings is 1. The number of nitrogens with one attached hydrogen (secondary N) is 1. The van der Waals surface area contributed by atoms with Gasteiger partial charge in [0.1, 0.15) is 10.9 Å². The molecule has 0 radical (unpaired) electrons. The van der Waals surface area contributed by atoms with Gasteiger partial charge in [-0.25, -0.2) is 9.97 Å². The summed E-state index contributed by atoms with van der Waals surface area (Å²) in [7, 11) is 0. The maximum Gasteiger partial charge on any atom is 0.256 e. The van der Waals surface area contributed by atoms with E-state index in [-0.39, 0.29) is 17.7 Å². The van der Waals surface area contributed by atoms with Crippen LogP contribution in [-0.2, 0) is 17.9 Å². The summed E-state index contributed by atoms with van der Waals surface area (Å²) in [5.41, 5.74) is 3.32. The Kier molecular flexibility index (Phi) is 6.90. The first-order chi connectivity index (χ1) is 13.9. The lowest BCUT2D eigenvalue weighted by Crippen LogP contribution is -2.28. The second kappa shape index (κ2) is 9.39. The molecule has 2 aromatic rings. The predicted octanol–water partition coefficient (Wildman–Crippen LogP) is 3.68. The smallest absolute Gasteiger partial charge is 0.256 e. The Morgan fingerprint density at radius 1 is 1.24 bits per heavy atom. The standard InChI is InChI=1S/C22H28N4O2S/c1-14(2)20-24-15(3)19(22(25-20)29-4)21(28)23-12-16-8-5-6-9-17(16)13-26-11-7-10-18(26)27/h5-6,8-9,14H,7,10-13H2,1-4H3,(H,23,28). The topological polar surface area (TPSA) is 75.2 Å². The number of likely N-dealkylation sites (tertiary alicyclic amines) is 1. The van der Waals surface area contributed by atoms with Crippen molar-refractivity contribution in [2.45, 2.75) is 57.6 Å². The average molecular weight is 413 g/mol. The maximum atomic E-state index is 12.9. The summed E-state index contributed by atoms with van der Waals surface area (Å²) in [4.78, 5) is 35.9. The van der Waals surface area contributed by atoms with Crippen molar-refractivity contribution < 1.29 is 9.59 Å². The molecule has 0 unspecified atom stereocenters. The minimum atomic E-state index is -0.172. The first kappa shape index (κ1) is 21.3. The number of thioether (sulfide) groups is 1. The summed E-state index contributed by atoms with van der Waals surface area (Å²) in [6, 6.07) is 7.94. The van der Waals surface area contributed by atoms with Crippen molar-refractivity contribution in [3.8, 4) is 0 Å². The molecule has 1 fully saturated rings. The molecule has 2 heterocycles.